The van der Waals surface area contributed by atoms with E-state index in [1.54, 1.807) is 0 Å². The second kappa shape index (κ2) is 7.59. The van der Waals surface area contributed by atoms with Crippen LogP contribution >= 0.6 is 0 Å². The highest BCUT2D eigenvalue weighted by Crippen LogP contribution is 2.14. The zero-order valence-corrected chi connectivity index (χ0v) is 12.0. The number of aliphatic hydroxyl groups excluding tert-OH is 1. The smallest absolute Gasteiger partial charge is 0.119 e. The van der Waals surface area contributed by atoms with Crippen molar-refractivity contribution in [1.82, 2.24) is 4.90 Å². The van der Waals surface area contributed by atoms with Gasteiger partial charge in [-0.2, -0.15) is 0 Å². The van der Waals surface area contributed by atoms with Crippen molar-refractivity contribution in [1.29, 1.82) is 0 Å². The Morgan fingerprint density at radius 3 is 3.10 bits per heavy atom. The molecule has 0 aliphatic carbocycles. The maximum Gasteiger partial charge on any atom is 0.119 e. The van der Waals surface area contributed by atoms with Gasteiger partial charge in [0.1, 0.15) is 18.5 Å². The number of aliphatic hydroxyl groups is 1. The van der Waals surface area contributed by atoms with Crippen molar-refractivity contribution < 1.29 is 14.6 Å². The maximum atomic E-state index is 10.0. The molecule has 5 nitrogen and oxygen atoms in total. The summed E-state index contributed by atoms with van der Waals surface area (Å²) in [4.78, 5) is 2.14. The quantitative estimate of drug-likeness (QED) is 0.766. The van der Waals surface area contributed by atoms with E-state index in [1.807, 2.05) is 31.3 Å². The molecule has 0 spiro atoms. The van der Waals surface area contributed by atoms with Crippen LogP contribution in [0.15, 0.2) is 24.3 Å². The lowest BCUT2D eigenvalue weighted by Gasteiger charge is -2.25. The van der Waals surface area contributed by atoms with Gasteiger partial charge < -0.3 is 20.3 Å². The summed E-state index contributed by atoms with van der Waals surface area (Å²) in [5, 5.41) is 10.0. The Hall–Kier alpha value is -1.14. The summed E-state index contributed by atoms with van der Waals surface area (Å²) < 4.78 is 11.0. The Morgan fingerprint density at radius 2 is 2.40 bits per heavy atom. The zero-order chi connectivity index (χ0) is 14.4. The Kier molecular flexibility index (Phi) is 5.79. The van der Waals surface area contributed by atoms with Crippen LogP contribution in [-0.2, 0) is 11.3 Å². The Labute approximate surface area is 120 Å². The fourth-order valence-electron chi connectivity index (χ4n) is 2.36. The van der Waals surface area contributed by atoms with Crippen LogP contribution in [0.5, 0.6) is 5.75 Å². The first kappa shape index (κ1) is 15.3. The number of benzene rings is 1. The standard InChI is InChI=1S/C15H24N2O3/c1-17(13-5-6-19-10-13)9-14(18)11-20-15-4-2-3-12(7-15)8-16/h2-4,7,13-14,18H,5-6,8-11,16H2,1H3. The topological polar surface area (TPSA) is 68.0 Å². The molecule has 3 N–H and O–H groups in total. The molecule has 2 rings (SSSR count). The van der Waals surface area contributed by atoms with E-state index in [0.717, 1.165) is 30.9 Å². The fourth-order valence-corrected chi connectivity index (χ4v) is 2.36. The number of ether oxygens (including phenoxy) is 2. The van der Waals surface area contributed by atoms with Gasteiger partial charge in [-0.15, -0.1) is 0 Å². The summed E-state index contributed by atoms with van der Waals surface area (Å²) in [6, 6.07) is 8.05. The minimum absolute atomic E-state index is 0.284. The molecule has 0 radical (unpaired) electrons. The Morgan fingerprint density at radius 1 is 1.55 bits per heavy atom. The number of likely N-dealkylation sites (N-methyl/N-ethyl adjacent to an activating group) is 1. The first-order valence-electron chi connectivity index (χ1n) is 7.07. The van der Waals surface area contributed by atoms with Crippen molar-refractivity contribution in [2.45, 2.75) is 25.1 Å². The van der Waals surface area contributed by atoms with Crippen molar-refractivity contribution >= 4 is 0 Å². The van der Waals surface area contributed by atoms with Gasteiger partial charge in [0.25, 0.3) is 0 Å². The average molecular weight is 280 g/mol. The molecule has 2 atom stereocenters. The first-order chi connectivity index (χ1) is 9.69. The molecule has 20 heavy (non-hydrogen) atoms. The Bertz CT molecular complexity index is 408. The van der Waals surface area contributed by atoms with Gasteiger partial charge in [0.2, 0.25) is 0 Å². The number of nitrogens with zero attached hydrogens (tertiary/aromatic N) is 1. The van der Waals surface area contributed by atoms with E-state index in [4.69, 9.17) is 15.2 Å². The van der Waals surface area contributed by atoms with Crippen LogP contribution in [0.4, 0.5) is 0 Å². The monoisotopic (exact) mass is 280 g/mol. The molecule has 0 amide bonds. The lowest BCUT2D eigenvalue weighted by atomic mass is 10.2. The maximum absolute atomic E-state index is 10.0. The lowest BCUT2D eigenvalue weighted by molar-refractivity contribution is 0.0597. The summed E-state index contributed by atoms with van der Waals surface area (Å²) in [6.07, 6.45) is 0.518. The largest absolute Gasteiger partial charge is 0.491 e. The highest BCUT2D eigenvalue weighted by atomic mass is 16.5. The van der Waals surface area contributed by atoms with Crippen LogP contribution in [0.1, 0.15) is 12.0 Å². The molecule has 5 heteroatoms. The second-order valence-electron chi connectivity index (χ2n) is 5.27. The summed E-state index contributed by atoms with van der Waals surface area (Å²) >= 11 is 0. The molecule has 112 valence electrons. The third-order valence-electron chi connectivity index (χ3n) is 3.60. The summed E-state index contributed by atoms with van der Waals surface area (Å²) in [5.41, 5.74) is 6.61. The van der Waals surface area contributed by atoms with E-state index in [-0.39, 0.29) is 6.61 Å². The van der Waals surface area contributed by atoms with Gasteiger partial charge in [-0.1, -0.05) is 12.1 Å². The summed E-state index contributed by atoms with van der Waals surface area (Å²) in [6.45, 7) is 2.93. The van der Waals surface area contributed by atoms with Crippen LogP contribution in [0.25, 0.3) is 0 Å². The van der Waals surface area contributed by atoms with E-state index < -0.39 is 6.10 Å². The van der Waals surface area contributed by atoms with E-state index in [1.165, 1.54) is 0 Å². The molecule has 1 aliphatic rings. The van der Waals surface area contributed by atoms with Crippen LogP contribution in [0, 0.1) is 0 Å². The number of rotatable bonds is 7. The molecule has 0 aromatic heterocycles. The van der Waals surface area contributed by atoms with Gasteiger partial charge in [-0.25, -0.2) is 0 Å². The van der Waals surface area contributed by atoms with E-state index in [0.29, 0.717) is 19.1 Å². The molecule has 0 saturated carbocycles. The normalized spacial score (nSPS) is 20.3. The molecule has 1 aliphatic heterocycles. The third kappa shape index (κ3) is 4.45. The van der Waals surface area contributed by atoms with Crippen molar-refractivity contribution in [2.24, 2.45) is 5.73 Å². The van der Waals surface area contributed by atoms with Gasteiger partial charge in [-0.3, -0.25) is 4.90 Å². The minimum atomic E-state index is -0.512. The highest BCUT2D eigenvalue weighted by Gasteiger charge is 2.22. The van der Waals surface area contributed by atoms with Crippen molar-refractivity contribution in [3.05, 3.63) is 29.8 Å². The molecule has 1 aromatic rings. The van der Waals surface area contributed by atoms with Crippen LogP contribution in [0.3, 0.4) is 0 Å². The van der Waals surface area contributed by atoms with E-state index >= 15 is 0 Å². The highest BCUT2D eigenvalue weighted by molar-refractivity contribution is 5.28. The fraction of sp³-hybridized carbons (Fsp3) is 0.600. The SMILES string of the molecule is CN(CC(O)COc1cccc(CN)c1)C1CCOC1. The predicted molar refractivity (Wildman–Crippen MR) is 77.7 cm³/mol. The predicted octanol–water partition coefficient (Wildman–Crippen LogP) is 0.606. The number of hydrogen-bond donors (Lipinski definition) is 2. The van der Waals surface area contributed by atoms with Gasteiger partial charge in [0, 0.05) is 25.7 Å². The van der Waals surface area contributed by atoms with Crippen LogP contribution in [0.2, 0.25) is 0 Å². The van der Waals surface area contributed by atoms with Gasteiger partial charge in [0.05, 0.1) is 6.61 Å². The Balaban J connectivity index is 1.74. The molecule has 1 heterocycles. The van der Waals surface area contributed by atoms with Crippen LogP contribution in [-0.4, -0.2) is 55.6 Å². The van der Waals surface area contributed by atoms with Gasteiger partial charge in [-0.05, 0) is 31.2 Å². The lowest BCUT2D eigenvalue weighted by Crippen LogP contribution is -2.39. The molecular weight excluding hydrogens is 256 g/mol. The minimum Gasteiger partial charge on any atom is -0.491 e. The summed E-state index contributed by atoms with van der Waals surface area (Å²) in [5.74, 6) is 0.749. The first-order valence-corrected chi connectivity index (χ1v) is 7.07. The van der Waals surface area contributed by atoms with E-state index in [2.05, 4.69) is 4.90 Å². The number of nitrogens with two attached hydrogens (primary N) is 1. The van der Waals surface area contributed by atoms with Crippen molar-refractivity contribution in [2.75, 3.05) is 33.4 Å². The molecule has 1 aromatic carbocycles. The van der Waals surface area contributed by atoms with E-state index in [9.17, 15) is 5.11 Å². The summed E-state index contributed by atoms with van der Waals surface area (Å²) in [7, 11) is 2.01. The molecule has 1 saturated heterocycles. The zero-order valence-electron chi connectivity index (χ0n) is 12.0. The molecule has 0 bridgehead atoms. The van der Waals surface area contributed by atoms with Gasteiger partial charge >= 0.3 is 0 Å². The van der Waals surface area contributed by atoms with Crippen molar-refractivity contribution in [3.8, 4) is 5.75 Å². The molecule has 2 unspecified atom stereocenters. The average Bonchev–Trinajstić information content (AvgIpc) is 2.99. The third-order valence-corrected chi connectivity index (χ3v) is 3.60. The van der Waals surface area contributed by atoms with Crippen molar-refractivity contribution in [3.63, 3.8) is 0 Å². The second-order valence-corrected chi connectivity index (χ2v) is 5.27. The van der Waals surface area contributed by atoms with Gasteiger partial charge in [0.15, 0.2) is 0 Å². The number of hydrogen-bond acceptors (Lipinski definition) is 5. The van der Waals surface area contributed by atoms with Crippen LogP contribution < -0.4 is 10.5 Å². The molecular formula is C15H24N2O3. The molecule has 1 fully saturated rings.